The molecule has 3 aromatic carbocycles. The van der Waals surface area contributed by atoms with Crippen molar-refractivity contribution in [1.29, 1.82) is 0 Å². The summed E-state index contributed by atoms with van der Waals surface area (Å²) in [5, 5.41) is 3.27. The third-order valence-corrected chi connectivity index (χ3v) is 4.48. The zero-order valence-corrected chi connectivity index (χ0v) is 15.2. The molecule has 0 bridgehead atoms. The van der Waals surface area contributed by atoms with Crippen LogP contribution in [0.5, 0.6) is 0 Å². The number of anilines is 1. The molecule has 0 heterocycles. The Morgan fingerprint density at radius 2 is 1.58 bits per heavy atom. The first-order valence-electron chi connectivity index (χ1n) is 8.90. The maximum Gasteiger partial charge on any atom is 0.187 e. The van der Waals surface area contributed by atoms with Gasteiger partial charge in [-0.2, -0.15) is 0 Å². The van der Waals surface area contributed by atoms with Crippen LogP contribution >= 0.6 is 0 Å². The Balaban J connectivity index is 1.70. The first-order chi connectivity index (χ1) is 12.7. The highest BCUT2D eigenvalue weighted by atomic mass is 16.1. The molecule has 3 rings (SSSR count). The number of carbonyl (C=O) groups is 1. The third-order valence-electron chi connectivity index (χ3n) is 4.48. The van der Waals surface area contributed by atoms with Crippen molar-refractivity contribution in [1.82, 2.24) is 0 Å². The Morgan fingerprint density at radius 3 is 2.27 bits per heavy atom. The number of nitrogens with one attached hydrogen (secondary N) is 1. The predicted octanol–water partition coefficient (Wildman–Crippen LogP) is 6.03. The van der Waals surface area contributed by atoms with E-state index in [0.717, 1.165) is 23.2 Å². The van der Waals surface area contributed by atoms with Gasteiger partial charge < -0.3 is 5.32 Å². The van der Waals surface area contributed by atoms with E-state index in [1.807, 2.05) is 42.5 Å². The second-order valence-corrected chi connectivity index (χ2v) is 6.25. The topological polar surface area (TPSA) is 29.1 Å². The molecule has 0 aliphatic rings. The molecule has 1 N–H and O–H groups in total. The molecule has 3 aromatic rings. The quantitative estimate of drug-likeness (QED) is 0.438. The van der Waals surface area contributed by atoms with Gasteiger partial charge in [0.25, 0.3) is 0 Å². The molecule has 2 heteroatoms. The van der Waals surface area contributed by atoms with Gasteiger partial charge in [0.1, 0.15) is 0 Å². The molecule has 0 unspecified atom stereocenters. The van der Waals surface area contributed by atoms with Gasteiger partial charge in [0.15, 0.2) is 5.78 Å². The number of benzene rings is 3. The van der Waals surface area contributed by atoms with Crippen molar-refractivity contribution in [2.75, 3.05) is 5.32 Å². The molecule has 0 radical (unpaired) electrons. The second-order valence-electron chi connectivity index (χ2n) is 6.25. The lowest BCUT2D eigenvalue weighted by Gasteiger charge is -2.10. The van der Waals surface area contributed by atoms with Crippen molar-refractivity contribution < 1.29 is 4.79 Å². The molecule has 130 valence electrons. The van der Waals surface area contributed by atoms with E-state index in [0.29, 0.717) is 5.56 Å². The Kier molecular flexibility index (Phi) is 5.65. The van der Waals surface area contributed by atoms with Crippen molar-refractivity contribution >= 4 is 11.5 Å². The van der Waals surface area contributed by atoms with Gasteiger partial charge in [-0.15, -0.1) is 0 Å². The second kappa shape index (κ2) is 8.30. The minimum Gasteiger partial charge on any atom is -0.361 e. The monoisotopic (exact) mass is 341 g/mol. The van der Waals surface area contributed by atoms with Crippen LogP contribution in [-0.4, -0.2) is 5.78 Å². The number of carbonyl (C=O) groups excluding carboxylic acids is 1. The molecule has 0 fully saturated rings. The highest BCUT2D eigenvalue weighted by Gasteiger charge is 2.04. The summed E-state index contributed by atoms with van der Waals surface area (Å²) >= 11 is 0. The Labute approximate surface area is 155 Å². The van der Waals surface area contributed by atoms with Crippen LogP contribution in [-0.2, 0) is 6.42 Å². The third kappa shape index (κ3) is 4.09. The lowest BCUT2D eigenvalue weighted by Crippen LogP contribution is -1.99. The van der Waals surface area contributed by atoms with Crippen LogP contribution in [0.3, 0.4) is 0 Å². The number of ketones is 1. The average molecular weight is 341 g/mol. The van der Waals surface area contributed by atoms with E-state index in [4.69, 9.17) is 0 Å². The average Bonchev–Trinajstić information content (AvgIpc) is 2.69. The molecule has 0 amide bonds. The Bertz CT molecular complexity index is 909. The van der Waals surface area contributed by atoms with Gasteiger partial charge in [0, 0.05) is 23.5 Å². The van der Waals surface area contributed by atoms with E-state index < -0.39 is 0 Å². The standard InChI is InChI=1S/C24H23NO/c1-3-19-11-7-8-18(2)24(19)25-17-16-23(26)22-14-12-21(13-15-22)20-9-5-4-6-10-20/h4-17,25H,3H2,1-2H3/b17-16+. The summed E-state index contributed by atoms with van der Waals surface area (Å²) in [6.07, 6.45) is 4.27. The van der Waals surface area contributed by atoms with Crippen LogP contribution < -0.4 is 5.32 Å². The van der Waals surface area contributed by atoms with E-state index in [1.54, 1.807) is 12.3 Å². The molecule has 0 atom stereocenters. The number of para-hydroxylation sites is 1. The number of hydrogen-bond donors (Lipinski definition) is 1. The highest BCUT2D eigenvalue weighted by molar-refractivity contribution is 6.04. The zero-order chi connectivity index (χ0) is 18.4. The van der Waals surface area contributed by atoms with Crippen LogP contribution in [0.1, 0.15) is 28.4 Å². The summed E-state index contributed by atoms with van der Waals surface area (Å²) in [6, 6.07) is 24.1. The molecule has 0 saturated heterocycles. The largest absolute Gasteiger partial charge is 0.361 e. The summed E-state index contributed by atoms with van der Waals surface area (Å²) in [6.45, 7) is 4.20. The lowest BCUT2D eigenvalue weighted by molar-refractivity contribution is 0.104. The van der Waals surface area contributed by atoms with Gasteiger partial charge in [-0.1, -0.05) is 79.7 Å². The molecular formula is C24H23NO. The minimum absolute atomic E-state index is 0.0104. The Hall–Kier alpha value is -3.13. The smallest absolute Gasteiger partial charge is 0.187 e. The van der Waals surface area contributed by atoms with Gasteiger partial charge >= 0.3 is 0 Å². The van der Waals surface area contributed by atoms with Gasteiger partial charge in [-0.05, 0) is 35.6 Å². The van der Waals surface area contributed by atoms with E-state index in [9.17, 15) is 4.79 Å². The van der Waals surface area contributed by atoms with Crippen LogP contribution in [0.25, 0.3) is 11.1 Å². The number of hydrogen-bond acceptors (Lipinski definition) is 2. The van der Waals surface area contributed by atoms with Crippen molar-refractivity contribution in [2.24, 2.45) is 0 Å². The maximum absolute atomic E-state index is 12.4. The fourth-order valence-corrected chi connectivity index (χ4v) is 2.98. The van der Waals surface area contributed by atoms with Crippen molar-refractivity contribution in [2.45, 2.75) is 20.3 Å². The molecule has 0 saturated carbocycles. The van der Waals surface area contributed by atoms with E-state index in [1.165, 1.54) is 11.1 Å². The van der Waals surface area contributed by atoms with Gasteiger partial charge in [0.2, 0.25) is 0 Å². The predicted molar refractivity (Wildman–Crippen MR) is 110 cm³/mol. The van der Waals surface area contributed by atoms with Crippen molar-refractivity contribution in [3.05, 3.63) is 102 Å². The molecular weight excluding hydrogens is 318 g/mol. The summed E-state index contributed by atoms with van der Waals surface area (Å²) in [7, 11) is 0. The molecule has 0 aromatic heterocycles. The zero-order valence-electron chi connectivity index (χ0n) is 15.2. The van der Waals surface area contributed by atoms with Crippen molar-refractivity contribution in [3.8, 4) is 11.1 Å². The molecule has 2 nitrogen and oxygen atoms in total. The molecule has 26 heavy (non-hydrogen) atoms. The van der Waals surface area contributed by atoms with Crippen LogP contribution in [0.4, 0.5) is 5.69 Å². The van der Waals surface area contributed by atoms with Gasteiger partial charge in [-0.25, -0.2) is 0 Å². The van der Waals surface area contributed by atoms with Crippen molar-refractivity contribution in [3.63, 3.8) is 0 Å². The van der Waals surface area contributed by atoms with Crippen LogP contribution in [0, 0.1) is 6.92 Å². The first kappa shape index (κ1) is 17.7. The number of rotatable bonds is 6. The van der Waals surface area contributed by atoms with Gasteiger partial charge in [0.05, 0.1) is 0 Å². The SMILES string of the molecule is CCc1cccc(C)c1N/C=C/C(=O)c1ccc(-c2ccccc2)cc1. The fourth-order valence-electron chi connectivity index (χ4n) is 2.98. The maximum atomic E-state index is 12.4. The number of allylic oxidation sites excluding steroid dienone is 1. The van der Waals surface area contributed by atoms with E-state index >= 15 is 0 Å². The Morgan fingerprint density at radius 1 is 0.885 bits per heavy atom. The van der Waals surface area contributed by atoms with Crippen LogP contribution in [0.15, 0.2) is 85.1 Å². The summed E-state index contributed by atoms with van der Waals surface area (Å²) in [4.78, 5) is 12.4. The normalized spacial score (nSPS) is 10.8. The highest BCUT2D eigenvalue weighted by Crippen LogP contribution is 2.21. The summed E-state index contributed by atoms with van der Waals surface area (Å²) in [5.41, 5.74) is 6.44. The minimum atomic E-state index is -0.0104. The molecule has 0 aliphatic heterocycles. The summed E-state index contributed by atoms with van der Waals surface area (Å²) in [5.74, 6) is -0.0104. The van der Waals surface area contributed by atoms with E-state index in [-0.39, 0.29) is 5.78 Å². The first-order valence-corrected chi connectivity index (χ1v) is 8.90. The molecule has 0 aliphatic carbocycles. The fraction of sp³-hybridized carbons (Fsp3) is 0.125. The lowest BCUT2D eigenvalue weighted by atomic mass is 10.0. The van der Waals surface area contributed by atoms with Crippen LogP contribution in [0.2, 0.25) is 0 Å². The summed E-state index contributed by atoms with van der Waals surface area (Å²) < 4.78 is 0. The van der Waals surface area contributed by atoms with E-state index in [2.05, 4.69) is 49.5 Å². The molecule has 0 spiro atoms. The number of aryl methyl sites for hydroxylation is 2. The van der Waals surface area contributed by atoms with Gasteiger partial charge in [-0.3, -0.25) is 4.79 Å².